The summed E-state index contributed by atoms with van der Waals surface area (Å²) in [6.45, 7) is 24.7. The van der Waals surface area contributed by atoms with E-state index in [1.807, 2.05) is 0 Å². The molecule has 1 heteroatoms. The number of benzene rings is 2. The Morgan fingerprint density at radius 3 is 2.00 bits per heavy atom. The largest absolute Gasteiger partial charge is 0.221 e. The Morgan fingerprint density at radius 1 is 0.684 bits per heavy atom. The first-order valence-corrected chi connectivity index (χ1v) is 15.6. The van der Waals surface area contributed by atoms with Crippen molar-refractivity contribution in [2.75, 3.05) is 0 Å². The summed E-state index contributed by atoms with van der Waals surface area (Å²) in [7, 11) is 0. The molecule has 38 heavy (non-hydrogen) atoms. The van der Waals surface area contributed by atoms with Crippen molar-refractivity contribution in [3.63, 3.8) is 0 Å². The molecule has 0 N–H and O–H groups in total. The Bertz CT molecular complexity index is 1370. The summed E-state index contributed by atoms with van der Waals surface area (Å²) in [5.41, 5.74) is 8.17. The minimum absolute atomic E-state index is 0.0576. The average molecular weight is 511 g/mol. The molecule has 5 rings (SSSR count). The van der Waals surface area contributed by atoms with Gasteiger partial charge in [-0.25, -0.2) is 0 Å². The Hall–Kier alpha value is -2.15. The Morgan fingerprint density at radius 2 is 1.37 bits per heavy atom. The molecule has 1 aliphatic heterocycles. The zero-order valence-corrected chi connectivity index (χ0v) is 26.0. The summed E-state index contributed by atoms with van der Waals surface area (Å²) in [4.78, 5) is 0. The molecule has 1 aliphatic carbocycles. The predicted molar refractivity (Wildman–Crippen MR) is 164 cm³/mol. The van der Waals surface area contributed by atoms with Crippen molar-refractivity contribution in [3.8, 4) is 11.3 Å². The van der Waals surface area contributed by atoms with Crippen molar-refractivity contribution in [2.45, 2.75) is 136 Å². The SMILES string of the molecule is CCCCCC1(C)c2cc3cc[n+]4c(c3cc2C(C)(C)C1(C)C)-c1ccccc1C(C)(CC)C4(CC)CC. The maximum atomic E-state index is 2.71. The van der Waals surface area contributed by atoms with Crippen LogP contribution in [0.3, 0.4) is 0 Å². The smallest absolute Gasteiger partial charge is 0.192 e. The molecule has 2 aromatic carbocycles. The third kappa shape index (κ3) is 3.14. The minimum atomic E-state index is 0.0576. The standard InChI is InChI=1S/C37H52N/c1-11-15-18-22-36(10)31-24-26-21-23-38-32(28(26)25-30(31)33(5,6)34(36,7)8)27-19-16-17-20-29(27)35(9,12-2)37(38,13-3)14-4/h16-17,19-21,23-25H,11-15,18,22H2,1-10H3/q+1. The molecule has 0 bridgehead atoms. The number of hydrogen-bond donors (Lipinski definition) is 0. The summed E-state index contributed by atoms with van der Waals surface area (Å²) in [5, 5.41) is 2.84. The Balaban J connectivity index is 1.86. The number of nitrogens with zero attached hydrogens (tertiary/aromatic N) is 1. The Labute approximate surface area is 233 Å². The van der Waals surface area contributed by atoms with Gasteiger partial charge in [-0.3, -0.25) is 0 Å². The minimum Gasteiger partial charge on any atom is -0.192 e. The van der Waals surface area contributed by atoms with E-state index in [0.29, 0.717) is 0 Å². The highest BCUT2D eigenvalue weighted by atomic mass is 15.1. The van der Waals surface area contributed by atoms with Crippen LogP contribution in [0.4, 0.5) is 0 Å². The summed E-state index contributed by atoms with van der Waals surface area (Å²) >= 11 is 0. The molecule has 0 amide bonds. The van der Waals surface area contributed by atoms with Crippen LogP contribution < -0.4 is 4.57 Å². The van der Waals surface area contributed by atoms with E-state index in [9.17, 15) is 0 Å². The highest BCUT2D eigenvalue weighted by Crippen LogP contribution is 2.64. The second kappa shape index (κ2) is 8.94. The van der Waals surface area contributed by atoms with Crippen molar-refractivity contribution in [1.82, 2.24) is 0 Å². The predicted octanol–water partition coefficient (Wildman–Crippen LogP) is 10.1. The molecule has 0 fully saturated rings. The third-order valence-corrected chi connectivity index (χ3v) is 12.7. The summed E-state index contributed by atoms with van der Waals surface area (Å²) < 4.78 is 2.71. The number of aromatic nitrogens is 1. The fourth-order valence-electron chi connectivity index (χ4n) is 9.04. The number of rotatable bonds is 7. The van der Waals surface area contributed by atoms with Gasteiger partial charge in [0.25, 0.3) is 0 Å². The number of pyridine rings is 1. The van der Waals surface area contributed by atoms with Gasteiger partial charge < -0.3 is 0 Å². The van der Waals surface area contributed by atoms with E-state index in [4.69, 9.17) is 0 Å². The fourth-order valence-corrected chi connectivity index (χ4v) is 9.04. The number of fused-ring (bicyclic) bond motifs is 6. The molecular weight excluding hydrogens is 458 g/mol. The van der Waals surface area contributed by atoms with E-state index in [-0.39, 0.29) is 27.2 Å². The molecule has 0 saturated carbocycles. The molecular formula is C37H52N+. The quantitative estimate of drug-likeness (QED) is 0.220. The fraction of sp³-hybridized carbons (Fsp3) is 0.595. The molecule has 2 unspecified atom stereocenters. The second-order valence-electron chi connectivity index (χ2n) is 14.0. The van der Waals surface area contributed by atoms with E-state index >= 15 is 0 Å². The van der Waals surface area contributed by atoms with Crippen molar-refractivity contribution in [3.05, 3.63) is 65.4 Å². The lowest BCUT2D eigenvalue weighted by Gasteiger charge is -2.48. The van der Waals surface area contributed by atoms with E-state index in [0.717, 1.165) is 19.3 Å². The van der Waals surface area contributed by atoms with Gasteiger partial charge in [-0.2, -0.15) is 4.57 Å². The van der Waals surface area contributed by atoms with Crippen LogP contribution in [0.2, 0.25) is 0 Å². The van der Waals surface area contributed by atoms with Crippen molar-refractivity contribution in [1.29, 1.82) is 0 Å². The number of unbranched alkanes of at least 4 members (excludes halogenated alkanes) is 2. The van der Waals surface area contributed by atoms with Gasteiger partial charge in [0.1, 0.15) is 0 Å². The van der Waals surface area contributed by atoms with E-state index in [1.165, 1.54) is 53.3 Å². The normalized spacial score (nSPS) is 26.2. The lowest BCUT2D eigenvalue weighted by Crippen LogP contribution is -2.68. The third-order valence-electron chi connectivity index (χ3n) is 12.7. The summed E-state index contributed by atoms with van der Waals surface area (Å²) in [5.74, 6) is 0. The molecule has 1 nitrogen and oxygen atoms in total. The van der Waals surface area contributed by atoms with Gasteiger partial charge in [-0.1, -0.05) is 99.8 Å². The first-order valence-electron chi connectivity index (χ1n) is 15.6. The first kappa shape index (κ1) is 27.4. The van der Waals surface area contributed by atoms with Crippen molar-refractivity contribution < 1.29 is 4.57 Å². The maximum absolute atomic E-state index is 2.71. The van der Waals surface area contributed by atoms with Gasteiger partial charge in [0.05, 0.1) is 16.4 Å². The lowest BCUT2D eigenvalue weighted by atomic mass is 9.57. The zero-order chi connectivity index (χ0) is 27.7. The van der Waals surface area contributed by atoms with E-state index in [2.05, 4.69) is 122 Å². The molecule has 204 valence electrons. The molecule has 0 spiro atoms. The van der Waals surface area contributed by atoms with E-state index < -0.39 is 0 Å². The average Bonchev–Trinajstić information content (AvgIpc) is 3.02. The summed E-state index contributed by atoms with van der Waals surface area (Å²) in [6.07, 6.45) is 11.0. The Kier molecular flexibility index (Phi) is 6.45. The van der Waals surface area contributed by atoms with Crippen LogP contribution in [0.1, 0.15) is 131 Å². The molecule has 2 aliphatic rings. The van der Waals surface area contributed by atoms with Crippen LogP contribution in [0, 0.1) is 5.41 Å². The molecule has 2 atom stereocenters. The van der Waals surface area contributed by atoms with Gasteiger partial charge in [-0.05, 0) is 76.3 Å². The van der Waals surface area contributed by atoms with Crippen LogP contribution >= 0.6 is 0 Å². The van der Waals surface area contributed by atoms with Crippen LogP contribution in [0.5, 0.6) is 0 Å². The van der Waals surface area contributed by atoms with Crippen LogP contribution in [-0.4, -0.2) is 0 Å². The lowest BCUT2D eigenvalue weighted by molar-refractivity contribution is -0.768. The highest BCUT2D eigenvalue weighted by molar-refractivity contribution is 5.96. The molecule has 0 saturated heterocycles. The molecule has 1 aromatic heterocycles. The molecule has 2 heterocycles. The van der Waals surface area contributed by atoms with Crippen LogP contribution in [-0.2, 0) is 21.8 Å². The molecule has 3 aromatic rings. The van der Waals surface area contributed by atoms with Crippen LogP contribution in [0.15, 0.2) is 48.7 Å². The molecule has 0 radical (unpaired) electrons. The summed E-state index contributed by atoms with van der Waals surface area (Å²) in [6, 6.07) is 17.0. The highest BCUT2D eigenvalue weighted by Gasteiger charge is 2.60. The van der Waals surface area contributed by atoms with Crippen LogP contribution in [0.25, 0.3) is 22.0 Å². The van der Waals surface area contributed by atoms with Gasteiger partial charge in [0.15, 0.2) is 11.7 Å². The van der Waals surface area contributed by atoms with Gasteiger partial charge in [0, 0.05) is 18.9 Å². The van der Waals surface area contributed by atoms with Crippen molar-refractivity contribution >= 4 is 10.8 Å². The maximum Gasteiger partial charge on any atom is 0.221 e. The van der Waals surface area contributed by atoms with Gasteiger partial charge in [-0.15, -0.1) is 0 Å². The second-order valence-corrected chi connectivity index (χ2v) is 14.0. The first-order chi connectivity index (χ1) is 17.9. The monoisotopic (exact) mass is 510 g/mol. The van der Waals surface area contributed by atoms with Crippen molar-refractivity contribution in [2.24, 2.45) is 5.41 Å². The number of hydrogen-bond acceptors (Lipinski definition) is 0. The van der Waals surface area contributed by atoms with Gasteiger partial charge in [0.2, 0.25) is 5.69 Å². The van der Waals surface area contributed by atoms with Gasteiger partial charge >= 0.3 is 0 Å². The van der Waals surface area contributed by atoms with E-state index in [1.54, 1.807) is 11.1 Å². The zero-order valence-electron chi connectivity index (χ0n) is 26.0. The topological polar surface area (TPSA) is 3.88 Å².